The molecule has 0 saturated carbocycles. The Morgan fingerprint density at radius 3 is 2.60 bits per heavy atom. The Hall–Kier alpha value is -0.810. The highest BCUT2D eigenvalue weighted by Crippen LogP contribution is 1.95. The van der Waals surface area contributed by atoms with Crippen molar-refractivity contribution in [2.75, 3.05) is 19.4 Å². The van der Waals surface area contributed by atoms with Crippen LogP contribution in [-0.4, -0.2) is 31.1 Å². The van der Waals surface area contributed by atoms with Crippen LogP contribution in [0.5, 0.6) is 0 Å². The maximum atomic E-state index is 11.1. The predicted molar refractivity (Wildman–Crippen MR) is 61.5 cm³/mol. The second kappa shape index (κ2) is 8.49. The minimum absolute atomic E-state index is 0.0505. The van der Waals surface area contributed by atoms with Crippen molar-refractivity contribution in [3.63, 3.8) is 0 Å². The van der Waals surface area contributed by atoms with Crippen molar-refractivity contribution in [2.24, 2.45) is 5.92 Å². The number of hydrogen-bond donors (Lipinski definition) is 1. The van der Waals surface area contributed by atoms with E-state index >= 15 is 0 Å². The van der Waals surface area contributed by atoms with Gasteiger partial charge in [0.25, 0.3) is 0 Å². The molecule has 0 radical (unpaired) electrons. The Labute approximate surface area is 94.7 Å². The van der Waals surface area contributed by atoms with Crippen LogP contribution < -0.4 is 5.32 Å². The molecule has 0 aromatic rings. The van der Waals surface area contributed by atoms with Crippen LogP contribution >= 0.6 is 12.0 Å². The van der Waals surface area contributed by atoms with Crippen LogP contribution in [0.1, 0.15) is 13.8 Å². The molecule has 0 atom stereocenters. The SMILES string of the molecule is CSOCCNC(=O)/C=C\C(=O)C(C)C. The average Bonchev–Trinajstić information content (AvgIpc) is 2.20. The van der Waals surface area contributed by atoms with Crippen LogP contribution in [0.4, 0.5) is 0 Å². The number of rotatable bonds is 7. The van der Waals surface area contributed by atoms with Gasteiger partial charge < -0.3 is 9.50 Å². The Bertz CT molecular complexity index is 239. The lowest BCUT2D eigenvalue weighted by molar-refractivity contribution is -0.119. The van der Waals surface area contributed by atoms with Gasteiger partial charge in [-0.25, -0.2) is 0 Å². The minimum Gasteiger partial charge on any atom is -0.350 e. The smallest absolute Gasteiger partial charge is 0.244 e. The molecule has 0 saturated heterocycles. The molecule has 0 unspecified atom stereocenters. The van der Waals surface area contributed by atoms with E-state index in [-0.39, 0.29) is 17.6 Å². The highest BCUT2D eigenvalue weighted by Gasteiger charge is 2.02. The zero-order valence-corrected chi connectivity index (χ0v) is 10.1. The molecule has 0 aliphatic rings. The third-order valence-corrected chi connectivity index (χ3v) is 1.97. The van der Waals surface area contributed by atoms with Crippen molar-refractivity contribution in [3.8, 4) is 0 Å². The number of carbonyl (C=O) groups excluding carboxylic acids is 2. The van der Waals surface area contributed by atoms with E-state index in [1.165, 1.54) is 24.2 Å². The molecule has 1 N–H and O–H groups in total. The van der Waals surface area contributed by atoms with Gasteiger partial charge in [0.05, 0.1) is 6.61 Å². The highest BCUT2D eigenvalue weighted by atomic mass is 32.2. The normalized spacial score (nSPS) is 10.9. The van der Waals surface area contributed by atoms with Crippen molar-refractivity contribution in [1.29, 1.82) is 0 Å². The molecule has 0 aliphatic carbocycles. The summed E-state index contributed by atoms with van der Waals surface area (Å²) < 4.78 is 4.96. The van der Waals surface area contributed by atoms with E-state index in [0.717, 1.165) is 0 Å². The molecule has 4 nitrogen and oxygen atoms in total. The van der Waals surface area contributed by atoms with Gasteiger partial charge in [-0.15, -0.1) is 0 Å². The van der Waals surface area contributed by atoms with Gasteiger partial charge in [-0.05, 0) is 18.1 Å². The van der Waals surface area contributed by atoms with E-state index in [4.69, 9.17) is 4.18 Å². The summed E-state index contributed by atoms with van der Waals surface area (Å²) in [5.74, 6) is -0.395. The first-order valence-corrected chi connectivity index (χ1v) is 5.88. The van der Waals surface area contributed by atoms with Crippen molar-refractivity contribution in [2.45, 2.75) is 13.8 Å². The van der Waals surface area contributed by atoms with Gasteiger partial charge in [0.15, 0.2) is 5.78 Å². The lowest BCUT2D eigenvalue weighted by Gasteiger charge is -2.01. The van der Waals surface area contributed by atoms with Crippen molar-refractivity contribution >= 4 is 23.7 Å². The molecular weight excluding hydrogens is 214 g/mol. The first-order chi connectivity index (χ1) is 7.07. The van der Waals surface area contributed by atoms with E-state index in [1.807, 2.05) is 6.26 Å². The first-order valence-electron chi connectivity index (χ1n) is 4.73. The number of ketones is 1. The Balaban J connectivity index is 3.69. The summed E-state index contributed by atoms with van der Waals surface area (Å²) in [5, 5.41) is 2.60. The number of amides is 1. The van der Waals surface area contributed by atoms with E-state index in [2.05, 4.69) is 5.32 Å². The Morgan fingerprint density at radius 2 is 2.07 bits per heavy atom. The van der Waals surface area contributed by atoms with E-state index in [1.54, 1.807) is 13.8 Å². The molecule has 86 valence electrons. The fourth-order valence-corrected chi connectivity index (χ4v) is 0.958. The molecule has 0 heterocycles. The first kappa shape index (κ1) is 14.2. The monoisotopic (exact) mass is 231 g/mol. The number of hydrogen-bond acceptors (Lipinski definition) is 4. The van der Waals surface area contributed by atoms with Gasteiger partial charge in [-0.1, -0.05) is 13.8 Å². The Morgan fingerprint density at radius 1 is 1.40 bits per heavy atom. The molecule has 0 bridgehead atoms. The van der Waals surface area contributed by atoms with Gasteiger partial charge in [0.2, 0.25) is 5.91 Å². The second-order valence-electron chi connectivity index (χ2n) is 3.17. The Kier molecular flexibility index (Phi) is 8.04. The second-order valence-corrected chi connectivity index (χ2v) is 3.74. The maximum Gasteiger partial charge on any atom is 0.244 e. The summed E-state index contributed by atoms with van der Waals surface area (Å²) in [6.45, 7) is 4.48. The van der Waals surface area contributed by atoms with Gasteiger partial charge in [0, 0.05) is 24.8 Å². The third kappa shape index (κ3) is 8.20. The average molecular weight is 231 g/mol. The summed E-state index contributed by atoms with van der Waals surface area (Å²) in [7, 11) is 0. The van der Waals surface area contributed by atoms with Crippen molar-refractivity contribution in [1.82, 2.24) is 5.32 Å². The highest BCUT2D eigenvalue weighted by molar-refractivity contribution is 7.93. The third-order valence-electron chi connectivity index (χ3n) is 1.57. The zero-order chi connectivity index (χ0) is 11.7. The van der Waals surface area contributed by atoms with Crippen molar-refractivity contribution < 1.29 is 13.8 Å². The van der Waals surface area contributed by atoms with Crippen LogP contribution in [0, 0.1) is 5.92 Å². The van der Waals surface area contributed by atoms with E-state index in [0.29, 0.717) is 13.2 Å². The van der Waals surface area contributed by atoms with E-state index < -0.39 is 0 Å². The molecule has 0 aromatic heterocycles. The van der Waals surface area contributed by atoms with Gasteiger partial charge in [-0.2, -0.15) is 0 Å². The van der Waals surface area contributed by atoms with E-state index in [9.17, 15) is 9.59 Å². The van der Waals surface area contributed by atoms with Crippen LogP contribution in [-0.2, 0) is 13.8 Å². The molecular formula is C10H17NO3S. The van der Waals surface area contributed by atoms with Crippen LogP contribution in [0.15, 0.2) is 12.2 Å². The molecule has 0 rings (SSSR count). The number of allylic oxidation sites excluding steroid dienone is 1. The van der Waals surface area contributed by atoms with Crippen LogP contribution in [0.2, 0.25) is 0 Å². The molecule has 15 heavy (non-hydrogen) atoms. The topological polar surface area (TPSA) is 55.4 Å². The fourth-order valence-electron chi connectivity index (χ4n) is 0.708. The van der Waals surface area contributed by atoms with Gasteiger partial charge in [-0.3, -0.25) is 9.59 Å². The molecule has 5 heteroatoms. The largest absolute Gasteiger partial charge is 0.350 e. The minimum atomic E-state index is -0.270. The summed E-state index contributed by atoms with van der Waals surface area (Å²) in [6, 6.07) is 0. The molecule has 0 aromatic carbocycles. The lowest BCUT2D eigenvalue weighted by atomic mass is 10.1. The van der Waals surface area contributed by atoms with Crippen LogP contribution in [0.25, 0.3) is 0 Å². The molecule has 1 amide bonds. The van der Waals surface area contributed by atoms with Crippen LogP contribution in [0.3, 0.4) is 0 Å². The summed E-state index contributed by atoms with van der Waals surface area (Å²) in [6.07, 6.45) is 4.36. The predicted octanol–water partition coefficient (Wildman–Crippen LogP) is 1.18. The standard InChI is InChI=1S/C10H17NO3S/c1-8(2)9(12)4-5-10(13)11-6-7-14-15-3/h4-5,8H,6-7H2,1-3H3,(H,11,13)/b5-4-. The maximum absolute atomic E-state index is 11.1. The number of nitrogens with one attached hydrogen (secondary N) is 1. The number of carbonyl (C=O) groups is 2. The summed E-state index contributed by atoms with van der Waals surface area (Å²) >= 11 is 1.25. The molecule has 0 fully saturated rings. The van der Waals surface area contributed by atoms with Crippen molar-refractivity contribution in [3.05, 3.63) is 12.2 Å². The zero-order valence-electron chi connectivity index (χ0n) is 9.28. The molecule has 0 spiro atoms. The summed E-state index contributed by atoms with van der Waals surface area (Å²) in [5.41, 5.74) is 0. The summed E-state index contributed by atoms with van der Waals surface area (Å²) in [4.78, 5) is 22.2. The fraction of sp³-hybridized carbons (Fsp3) is 0.600. The lowest BCUT2D eigenvalue weighted by Crippen LogP contribution is -2.25. The quantitative estimate of drug-likeness (QED) is 0.406. The van der Waals surface area contributed by atoms with Gasteiger partial charge in [0.1, 0.15) is 0 Å². The van der Waals surface area contributed by atoms with Gasteiger partial charge >= 0.3 is 0 Å². The molecule has 0 aliphatic heterocycles.